The van der Waals surface area contributed by atoms with Crippen molar-refractivity contribution in [3.05, 3.63) is 0 Å². The van der Waals surface area contributed by atoms with Gasteiger partial charge in [-0.3, -0.25) is 11.1 Å². The van der Waals surface area contributed by atoms with Gasteiger partial charge in [-0.25, -0.2) is 0 Å². The van der Waals surface area contributed by atoms with Gasteiger partial charge in [0, 0.05) is 105 Å². The van der Waals surface area contributed by atoms with Crippen molar-refractivity contribution < 1.29 is 137 Å². The molecule has 3 radical (unpaired) electrons. The molecule has 0 aromatic rings. The second-order valence-electron chi connectivity index (χ2n) is 6.04. The molecule has 0 spiro atoms. The fraction of sp³-hybridized carbons (Fsp3) is 0.733. The molecule has 0 aliphatic heterocycles. The summed E-state index contributed by atoms with van der Waals surface area (Å²) in [6.07, 6.45) is 1.50. The topological polar surface area (TPSA) is 127 Å². The van der Waals surface area contributed by atoms with E-state index in [1.807, 2.05) is 20.8 Å². The second-order valence-corrected chi connectivity index (χ2v) is 6.04. The molecule has 0 saturated carbocycles. The summed E-state index contributed by atoms with van der Waals surface area (Å²) >= 11 is 0. The number of rotatable bonds is 3. The molecular weight excluding hydrogens is 575 g/mol. The minimum absolute atomic E-state index is 0. The van der Waals surface area contributed by atoms with Crippen LogP contribution in [-0.4, -0.2) is 48.8 Å². The van der Waals surface area contributed by atoms with Crippen LogP contribution in [0.2, 0.25) is 0 Å². The molecule has 0 heterocycles. The van der Waals surface area contributed by atoms with Crippen molar-refractivity contribution in [2.45, 2.75) is 48.5 Å². The van der Waals surface area contributed by atoms with Crippen LogP contribution in [0.3, 0.4) is 0 Å². The molecule has 11 heteroatoms. The van der Waals surface area contributed by atoms with E-state index in [-0.39, 0.29) is 117 Å². The van der Waals surface area contributed by atoms with Gasteiger partial charge >= 0.3 is 5.97 Å². The third-order valence-electron chi connectivity index (χ3n) is 1.39. The van der Waals surface area contributed by atoms with Crippen molar-refractivity contribution in [3.8, 4) is 0 Å². The average molecular weight is 602 g/mol. The summed E-state index contributed by atoms with van der Waals surface area (Å²) in [5.41, 5.74) is -0.466. The Bertz CT molecular complexity index is 307. The monoisotopic (exact) mass is 602 g/mol. The van der Waals surface area contributed by atoms with Crippen LogP contribution in [0.4, 0.5) is 0 Å². The second kappa shape index (κ2) is 31.1. The summed E-state index contributed by atoms with van der Waals surface area (Å²) in [4.78, 5) is 37.3. The van der Waals surface area contributed by atoms with E-state index in [1.165, 1.54) is 13.2 Å². The van der Waals surface area contributed by atoms with E-state index in [9.17, 15) is 9.59 Å². The SMILES string of the molecule is CC(C)(C)C(=O)OCO[C-]=O.CC(C)(C)CO.C[C-]=O.O=[C-]O.[Y].[Y].[Y]. The zero-order valence-electron chi connectivity index (χ0n) is 16.5. The van der Waals surface area contributed by atoms with Crippen molar-refractivity contribution in [3.63, 3.8) is 0 Å². The quantitative estimate of drug-likeness (QED) is 0.215. The van der Waals surface area contributed by atoms with E-state index < -0.39 is 11.4 Å². The Kier molecular flexibility index (Phi) is 54.8. The molecule has 0 fully saturated rings. The van der Waals surface area contributed by atoms with E-state index in [4.69, 9.17) is 19.8 Å². The normalized spacial score (nSPS) is 8.15. The average Bonchev–Trinajstić information content (AvgIpc) is 2.39. The fourth-order valence-electron chi connectivity index (χ4n) is 0.324. The Morgan fingerprint density at radius 1 is 0.962 bits per heavy atom. The van der Waals surface area contributed by atoms with Gasteiger partial charge in [0.1, 0.15) is 0 Å². The molecule has 0 unspecified atom stereocenters. The van der Waals surface area contributed by atoms with Gasteiger partial charge in [-0.05, 0) is 26.2 Å². The van der Waals surface area contributed by atoms with E-state index >= 15 is 0 Å². The molecule has 147 valence electrons. The first-order valence-corrected chi connectivity index (χ1v) is 6.45. The Morgan fingerprint density at radius 2 is 1.23 bits per heavy atom. The van der Waals surface area contributed by atoms with Gasteiger partial charge in [-0.1, -0.05) is 33.7 Å². The molecule has 0 aromatic heterocycles. The van der Waals surface area contributed by atoms with E-state index in [0.29, 0.717) is 6.47 Å². The van der Waals surface area contributed by atoms with Gasteiger partial charge < -0.3 is 34.1 Å². The van der Waals surface area contributed by atoms with Crippen LogP contribution >= 0.6 is 0 Å². The zero-order valence-corrected chi connectivity index (χ0v) is 25.0. The molecule has 8 nitrogen and oxygen atoms in total. The van der Waals surface area contributed by atoms with Crippen LogP contribution in [0, 0.1) is 10.8 Å². The van der Waals surface area contributed by atoms with Crippen molar-refractivity contribution in [1.29, 1.82) is 0 Å². The molecule has 2 N–H and O–H groups in total. The summed E-state index contributed by atoms with van der Waals surface area (Å²) in [5, 5.41) is 15.2. The van der Waals surface area contributed by atoms with Gasteiger partial charge in [0.15, 0.2) is 0 Å². The van der Waals surface area contributed by atoms with Gasteiger partial charge in [-0.2, -0.15) is 6.92 Å². The van der Waals surface area contributed by atoms with Crippen LogP contribution in [0.25, 0.3) is 0 Å². The molecule has 0 aromatic carbocycles. The van der Waals surface area contributed by atoms with Crippen molar-refractivity contribution in [1.82, 2.24) is 0 Å². The maximum atomic E-state index is 10.9. The largest absolute Gasteiger partial charge is 0.665 e. The number of aliphatic hydroxyl groups excluding tert-OH is 2. The zero-order chi connectivity index (χ0) is 19.5. The predicted molar refractivity (Wildman–Crippen MR) is 83.4 cm³/mol. The predicted octanol–water partition coefficient (Wildman–Crippen LogP) is 1.36. The first-order chi connectivity index (χ1) is 10.4. The van der Waals surface area contributed by atoms with Crippen LogP contribution in [0.15, 0.2) is 0 Å². The smallest absolute Gasteiger partial charge is 0.313 e. The maximum Gasteiger partial charge on any atom is 0.313 e. The Labute approximate surface area is 231 Å². The Balaban J connectivity index is -0.0000000414. The first-order valence-electron chi connectivity index (χ1n) is 6.45. The Morgan fingerprint density at radius 3 is 1.38 bits per heavy atom. The molecule has 0 aliphatic carbocycles. The molecule has 0 atom stereocenters. The first kappa shape index (κ1) is 45.9. The molecular formula is C15H27O8Y3-3. The molecule has 0 saturated heterocycles. The number of hydrogen-bond donors (Lipinski definition) is 2. The number of carbonyl (C=O) groups is 1. The van der Waals surface area contributed by atoms with Crippen LogP contribution < -0.4 is 0 Å². The molecule has 0 rings (SSSR count). The summed E-state index contributed by atoms with van der Waals surface area (Å²) in [6.45, 7) is 14.0. The van der Waals surface area contributed by atoms with E-state index in [1.54, 1.807) is 20.8 Å². The van der Waals surface area contributed by atoms with Crippen LogP contribution in [0.5, 0.6) is 0 Å². The molecule has 0 amide bonds. The summed E-state index contributed by atoms with van der Waals surface area (Å²) in [7, 11) is 0. The van der Waals surface area contributed by atoms with Crippen LogP contribution in [-0.2, 0) is 127 Å². The van der Waals surface area contributed by atoms with E-state index in [2.05, 4.69) is 9.47 Å². The number of hydrogen-bond acceptors (Lipinski definition) is 7. The third-order valence-corrected chi connectivity index (χ3v) is 1.39. The third kappa shape index (κ3) is 63.8. The van der Waals surface area contributed by atoms with Crippen molar-refractivity contribution in [2.75, 3.05) is 13.4 Å². The number of esters is 1. The summed E-state index contributed by atoms with van der Waals surface area (Å²) < 4.78 is 8.57. The van der Waals surface area contributed by atoms with Gasteiger partial charge in [-0.15, -0.1) is 0 Å². The summed E-state index contributed by atoms with van der Waals surface area (Å²) in [5.74, 6) is -0.409. The Hall–Kier alpha value is 1.35. The number of carbonyl (C=O) groups excluding carboxylic acids is 3. The van der Waals surface area contributed by atoms with Gasteiger partial charge in [0.25, 0.3) is 0 Å². The van der Waals surface area contributed by atoms with Crippen LogP contribution in [0.1, 0.15) is 48.5 Å². The van der Waals surface area contributed by atoms with E-state index in [0.717, 1.165) is 6.47 Å². The number of aliphatic hydroxyl groups is 1. The van der Waals surface area contributed by atoms with Gasteiger partial charge in [0.2, 0.25) is 6.79 Å². The summed E-state index contributed by atoms with van der Waals surface area (Å²) in [6, 6.07) is 0. The molecule has 26 heavy (non-hydrogen) atoms. The minimum atomic E-state index is -0.563. The minimum Gasteiger partial charge on any atom is -0.665 e. The standard InChI is InChI=1S/C7H11O4.C5H12O.C2H3O.CHO2.3Y/c1-7(2,3)6(9)11-5-10-4-8;1-5(2,3)4-6;1-2-3;2-1-3;;;/h5H2,1-3H3;6H,4H2,1-3H3;1H3;(H,2,3);;;/q-1;;2*-1;;;. The van der Waals surface area contributed by atoms with Crippen molar-refractivity contribution in [2.24, 2.45) is 10.8 Å². The molecule has 0 bridgehead atoms. The number of ether oxygens (including phenoxy) is 2. The van der Waals surface area contributed by atoms with Crippen molar-refractivity contribution >= 4 is 25.2 Å². The fourth-order valence-corrected chi connectivity index (χ4v) is 0.324. The molecule has 0 aliphatic rings. The maximum absolute atomic E-state index is 10.9. The van der Waals surface area contributed by atoms with Gasteiger partial charge in [0.05, 0.1) is 5.41 Å².